The van der Waals surface area contributed by atoms with Crippen LogP contribution in [-0.4, -0.2) is 29.7 Å². The third-order valence-corrected chi connectivity index (χ3v) is 8.13. The molecule has 154 valence electrons. The summed E-state index contributed by atoms with van der Waals surface area (Å²) in [7, 11) is 0. The predicted octanol–water partition coefficient (Wildman–Crippen LogP) is 6.92. The summed E-state index contributed by atoms with van der Waals surface area (Å²) in [6, 6.07) is 21.2. The van der Waals surface area contributed by atoms with E-state index in [9.17, 15) is 0 Å². The zero-order chi connectivity index (χ0) is 20.5. The fraction of sp³-hybridized carbons (Fsp3) is 0.320. The molecule has 0 aliphatic carbocycles. The minimum atomic E-state index is 0.114. The Balaban J connectivity index is 1.62. The SMILES string of the molecule is Clc1cccc(C(c2ccccc2)C2/C(=N/Cc3cccs3)C3CCN2CC3)c1Cl. The second-order valence-corrected chi connectivity index (χ2v) is 9.92. The second kappa shape index (κ2) is 8.84. The van der Waals surface area contributed by atoms with Crippen molar-refractivity contribution in [3.05, 3.63) is 92.1 Å². The van der Waals surface area contributed by atoms with Gasteiger partial charge in [0.15, 0.2) is 0 Å². The monoisotopic (exact) mass is 454 g/mol. The second-order valence-electron chi connectivity index (χ2n) is 8.11. The Bertz CT molecular complexity index is 1020. The summed E-state index contributed by atoms with van der Waals surface area (Å²) in [6.07, 6.45) is 2.40. The molecule has 6 rings (SSSR count). The van der Waals surface area contributed by atoms with Gasteiger partial charge in [-0.2, -0.15) is 0 Å². The number of piperidine rings is 3. The molecule has 0 saturated carbocycles. The van der Waals surface area contributed by atoms with Gasteiger partial charge in [0.2, 0.25) is 0 Å². The lowest BCUT2D eigenvalue weighted by Crippen LogP contribution is -2.58. The van der Waals surface area contributed by atoms with Crippen LogP contribution in [0.2, 0.25) is 10.0 Å². The van der Waals surface area contributed by atoms with Crippen LogP contribution < -0.4 is 0 Å². The molecule has 2 aromatic carbocycles. The molecule has 4 heterocycles. The minimum Gasteiger partial charge on any atom is -0.294 e. The van der Waals surface area contributed by atoms with E-state index in [0.29, 0.717) is 16.0 Å². The summed E-state index contributed by atoms with van der Waals surface area (Å²) >= 11 is 15.0. The van der Waals surface area contributed by atoms with Crippen molar-refractivity contribution in [3.63, 3.8) is 0 Å². The first kappa shape index (κ1) is 20.3. The van der Waals surface area contributed by atoms with Gasteiger partial charge in [0.1, 0.15) is 0 Å². The Hall–Kier alpha value is -1.65. The smallest absolute Gasteiger partial charge is 0.0732 e. The average Bonchev–Trinajstić information content (AvgIpc) is 3.31. The highest BCUT2D eigenvalue weighted by molar-refractivity contribution is 7.09. The largest absolute Gasteiger partial charge is 0.294 e. The van der Waals surface area contributed by atoms with Crippen molar-refractivity contribution in [2.45, 2.75) is 31.3 Å². The number of halogens is 2. The molecule has 3 aliphatic heterocycles. The first-order valence-electron chi connectivity index (χ1n) is 10.5. The van der Waals surface area contributed by atoms with Crippen LogP contribution in [0.3, 0.4) is 0 Å². The van der Waals surface area contributed by atoms with Crippen molar-refractivity contribution in [3.8, 4) is 0 Å². The van der Waals surface area contributed by atoms with Gasteiger partial charge in [0.05, 0.1) is 22.6 Å². The van der Waals surface area contributed by atoms with Gasteiger partial charge in [-0.3, -0.25) is 9.89 Å². The van der Waals surface area contributed by atoms with E-state index in [2.05, 4.69) is 58.8 Å². The van der Waals surface area contributed by atoms with Crippen LogP contribution in [0.5, 0.6) is 0 Å². The quantitative estimate of drug-likeness (QED) is 0.408. The Morgan fingerprint density at radius 1 is 0.967 bits per heavy atom. The van der Waals surface area contributed by atoms with E-state index in [1.54, 1.807) is 11.3 Å². The van der Waals surface area contributed by atoms with Crippen molar-refractivity contribution in [2.24, 2.45) is 10.9 Å². The molecule has 0 spiro atoms. The third-order valence-electron chi connectivity index (χ3n) is 6.43. The molecule has 0 N–H and O–H groups in total. The lowest BCUT2D eigenvalue weighted by molar-refractivity contribution is 0.135. The highest BCUT2D eigenvalue weighted by Gasteiger charge is 2.44. The van der Waals surface area contributed by atoms with Crippen LogP contribution in [0.4, 0.5) is 0 Å². The van der Waals surface area contributed by atoms with E-state index in [4.69, 9.17) is 28.2 Å². The van der Waals surface area contributed by atoms with Crippen molar-refractivity contribution < 1.29 is 0 Å². The standard InChI is InChI=1S/C25H24Cl2N2S/c26-21-10-4-9-20(23(21)27)22(17-6-2-1-3-7-17)25-24(18-11-13-29(25)14-12-18)28-16-19-8-5-15-30-19/h1-10,15,18,22,25H,11-14,16H2/b28-24+. The van der Waals surface area contributed by atoms with Crippen LogP contribution in [0, 0.1) is 5.92 Å². The minimum absolute atomic E-state index is 0.114. The summed E-state index contributed by atoms with van der Waals surface area (Å²) in [5, 5.41) is 3.40. The van der Waals surface area contributed by atoms with Gasteiger partial charge in [-0.15, -0.1) is 11.3 Å². The first-order chi connectivity index (χ1) is 14.7. The summed E-state index contributed by atoms with van der Waals surface area (Å²) in [6.45, 7) is 3.00. The zero-order valence-corrected chi connectivity index (χ0v) is 19.0. The van der Waals surface area contributed by atoms with Crippen molar-refractivity contribution in [1.82, 2.24) is 4.90 Å². The van der Waals surface area contributed by atoms with Gasteiger partial charge in [-0.1, -0.05) is 71.7 Å². The molecular formula is C25H24Cl2N2S. The number of nitrogens with zero attached hydrogens (tertiary/aromatic N) is 2. The lowest BCUT2D eigenvalue weighted by atomic mass is 9.72. The van der Waals surface area contributed by atoms with Crippen LogP contribution >= 0.6 is 34.5 Å². The number of benzene rings is 2. The fourth-order valence-corrected chi connectivity index (χ4v) is 6.08. The number of fused-ring (bicyclic) bond motifs is 3. The Morgan fingerprint density at radius 2 is 1.77 bits per heavy atom. The zero-order valence-electron chi connectivity index (χ0n) is 16.7. The van der Waals surface area contributed by atoms with E-state index < -0.39 is 0 Å². The Labute approximate surface area is 192 Å². The summed E-state index contributed by atoms with van der Waals surface area (Å²) in [5.41, 5.74) is 3.70. The van der Waals surface area contributed by atoms with Crippen LogP contribution in [-0.2, 0) is 6.54 Å². The summed E-state index contributed by atoms with van der Waals surface area (Å²) < 4.78 is 0. The molecule has 30 heavy (non-hydrogen) atoms. The number of hydrogen-bond donors (Lipinski definition) is 0. The molecule has 3 fully saturated rings. The average molecular weight is 455 g/mol. The van der Waals surface area contributed by atoms with E-state index in [0.717, 1.165) is 25.2 Å². The normalized spacial score (nSPS) is 25.5. The number of rotatable bonds is 5. The molecule has 3 aromatic rings. The van der Waals surface area contributed by atoms with E-state index in [1.807, 2.05) is 12.1 Å². The van der Waals surface area contributed by atoms with Gasteiger partial charge >= 0.3 is 0 Å². The molecule has 2 atom stereocenters. The molecule has 2 bridgehead atoms. The molecule has 3 saturated heterocycles. The van der Waals surface area contributed by atoms with Gasteiger partial charge < -0.3 is 0 Å². The van der Waals surface area contributed by atoms with Gasteiger partial charge in [0.25, 0.3) is 0 Å². The van der Waals surface area contributed by atoms with Crippen LogP contribution in [0.1, 0.15) is 34.8 Å². The number of hydrogen-bond acceptors (Lipinski definition) is 3. The first-order valence-corrected chi connectivity index (χ1v) is 12.2. The molecule has 5 heteroatoms. The maximum absolute atomic E-state index is 6.78. The van der Waals surface area contributed by atoms with Crippen molar-refractivity contribution >= 4 is 40.3 Å². The van der Waals surface area contributed by atoms with E-state index in [1.165, 1.54) is 29.0 Å². The molecule has 1 aromatic heterocycles. The third kappa shape index (κ3) is 3.85. The van der Waals surface area contributed by atoms with E-state index in [-0.39, 0.29) is 12.0 Å². The summed E-state index contributed by atoms with van der Waals surface area (Å²) in [5.74, 6) is 0.673. The molecule has 0 amide bonds. The predicted molar refractivity (Wildman–Crippen MR) is 128 cm³/mol. The topological polar surface area (TPSA) is 15.6 Å². The maximum atomic E-state index is 6.78. The molecular weight excluding hydrogens is 431 g/mol. The van der Waals surface area contributed by atoms with Gasteiger partial charge in [-0.25, -0.2) is 0 Å². The number of thiophene rings is 1. The van der Waals surface area contributed by atoms with E-state index >= 15 is 0 Å². The highest BCUT2D eigenvalue weighted by atomic mass is 35.5. The molecule has 2 unspecified atom stereocenters. The fourth-order valence-electron chi connectivity index (χ4n) is 5.03. The van der Waals surface area contributed by atoms with Crippen LogP contribution in [0.25, 0.3) is 0 Å². The number of aliphatic imine (C=N–C) groups is 1. The van der Waals surface area contributed by atoms with Crippen LogP contribution in [0.15, 0.2) is 71.0 Å². The molecule has 2 nitrogen and oxygen atoms in total. The lowest BCUT2D eigenvalue weighted by Gasteiger charge is -2.49. The Kier molecular flexibility index (Phi) is 5.97. The highest BCUT2D eigenvalue weighted by Crippen LogP contribution is 2.43. The Morgan fingerprint density at radius 3 is 2.50 bits per heavy atom. The van der Waals surface area contributed by atoms with Gasteiger partial charge in [0, 0.05) is 22.4 Å². The maximum Gasteiger partial charge on any atom is 0.0732 e. The van der Waals surface area contributed by atoms with Crippen molar-refractivity contribution in [2.75, 3.05) is 13.1 Å². The summed E-state index contributed by atoms with van der Waals surface area (Å²) in [4.78, 5) is 9.15. The van der Waals surface area contributed by atoms with Crippen molar-refractivity contribution in [1.29, 1.82) is 0 Å². The molecule has 3 aliphatic rings. The molecule has 0 radical (unpaired) electrons. The van der Waals surface area contributed by atoms with Gasteiger partial charge in [-0.05, 0) is 54.6 Å².